The summed E-state index contributed by atoms with van der Waals surface area (Å²) in [5.74, 6) is 1.02. The van der Waals surface area contributed by atoms with Crippen molar-refractivity contribution in [2.75, 3.05) is 55.9 Å². The van der Waals surface area contributed by atoms with E-state index in [1.54, 1.807) is 6.08 Å². The van der Waals surface area contributed by atoms with E-state index in [0.717, 1.165) is 47.0 Å². The van der Waals surface area contributed by atoms with E-state index in [2.05, 4.69) is 56.8 Å². The third-order valence-electron chi connectivity index (χ3n) is 7.19. The molecule has 0 radical (unpaired) electrons. The lowest BCUT2D eigenvalue weighted by molar-refractivity contribution is -0.113. The molecule has 0 saturated heterocycles. The highest BCUT2D eigenvalue weighted by Gasteiger charge is 2.39. The lowest BCUT2D eigenvalue weighted by Crippen LogP contribution is -2.29. The molecular weight excluding hydrogens is 530 g/mol. The number of ether oxygens (including phenoxy) is 1. The molecule has 1 aliphatic heterocycles. The topological polar surface area (TPSA) is 126 Å². The number of rotatable bonds is 11. The maximum atomic E-state index is 11.6. The zero-order valence-corrected chi connectivity index (χ0v) is 26.2. The van der Waals surface area contributed by atoms with Crippen molar-refractivity contribution in [3.05, 3.63) is 53.1 Å². The third kappa shape index (κ3) is 6.96. The molecule has 4 rings (SSSR count). The number of nitrogens with zero attached hydrogens (tertiary/aromatic N) is 7. The van der Waals surface area contributed by atoms with Crippen LogP contribution in [-0.2, 0) is 10.2 Å². The standard InChI is InChI=1S/C31H43N9O2/c1-19(2)42-26-16-24(39(9)13-12-38(7)8)22(10-11-27(32)41)15-23(26)36-29-33-18-34-30(37-29)40-17-31(5,6)28-25(40)14-20(3)21(4)35-28/h10-11,14-16,18-19H,12-13,17H2,1-9H3,(H2,32,41)(H,33,34,36,37). The first kappa shape index (κ1) is 30.7. The SMILES string of the molecule is Cc1cc2c(nc1C)C(C)(C)CN2c1ncnc(Nc2cc(C=CC(N)=O)c(N(C)CCN(C)C)cc2OC(C)C)n1. The highest BCUT2D eigenvalue weighted by Crippen LogP contribution is 2.43. The lowest BCUT2D eigenvalue weighted by atomic mass is 9.91. The molecule has 42 heavy (non-hydrogen) atoms. The van der Waals surface area contributed by atoms with Crippen LogP contribution in [0.15, 0.2) is 30.6 Å². The van der Waals surface area contributed by atoms with Gasteiger partial charge in [0.15, 0.2) is 0 Å². The molecule has 0 aliphatic carbocycles. The number of primary amides is 1. The van der Waals surface area contributed by atoms with Crippen LogP contribution < -0.4 is 25.6 Å². The summed E-state index contributed by atoms with van der Waals surface area (Å²) in [5.41, 5.74) is 11.8. The van der Waals surface area contributed by atoms with Crippen molar-refractivity contribution in [1.82, 2.24) is 24.8 Å². The normalized spacial score (nSPS) is 14.1. The first-order valence-corrected chi connectivity index (χ1v) is 14.2. The number of nitrogens with two attached hydrogens (primary N) is 1. The summed E-state index contributed by atoms with van der Waals surface area (Å²) in [5, 5.41) is 3.35. The van der Waals surface area contributed by atoms with E-state index >= 15 is 0 Å². The van der Waals surface area contributed by atoms with E-state index in [1.807, 2.05) is 54.0 Å². The van der Waals surface area contributed by atoms with Crippen LogP contribution in [0.5, 0.6) is 5.75 Å². The Morgan fingerprint density at radius 2 is 1.88 bits per heavy atom. The maximum Gasteiger partial charge on any atom is 0.241 e. The predicted octanol–water partition coefficient (Wildman–Crippen LogP) is 4.34. The summed E-state index contributed by atoms with van der Waals surface area (Å²) in [6.07, 6.45) is 4.50. The molecule has 1 amide bonds. The average molecular weight is 574 g/mol. The minimum atomic E-state index is -0.523. The van der Waals surface area contributed by atoms with Gasteiger partial charge in [0, 0.05) is 61.2 Å². The Kier molecular flexibility index (Phi) is 9.00. The van der Waals surface area contributed by atoms with E-state index in [0.29, 0.717) is 29.9 Å². The monoisotopic (exact) mass is 573 g/mol. The predicted molar refractivity (Wildman–Crippen MR) is 169 cm³/mol. The Morgan fingerprint density at radius 3 is 2.55 bits per heavy atom. The van der Waals surface area contributed by atoms with Gasteiger partial charge in [0.2, 0.25) is 17.8 Å². The molecule has 0 fully saturated rings. The number of pyridine rings is 1. The van der Waals surface area contributed by atoms with Crippen molar-refractivity contribution >= 4 is 40.9 Å². The molecule has 0 atom stereocenters. The summed E-state index contributed by atoms with van der Waals surface area (Å²) < 4.78 is 6.24. The van der Waals surface area contributed by atoms with Crippen molar-refractivity contribution in [2.45, 2.75) is 53.1 Å². The van der Waals surface area contributed by atoms with Gasteiger partial charge in [-0.25, -0.2) is 9.97 Å². The molecule has 3 aromatic rings. The second-order valence-electron chi connectivity index (χ2n) is 12.0. The fourth-order valence-corrected chi connectivity index (χ4v) is 4.87. The number of hydrogen-bond donors (Lipinski definition) is 2. The highest BCUT2D eigenvalue weighted by atomic mass is 16.5. The minimum absolute atomic E-state index is 0.0751. The van der Waals surface area contributed by atoms with Gasteiger partial charge < -0.3 is 30.5 Å². The molecule has 1 aromatic carbocycles. The number of likely N-dealkylation sites (N-methyl/N-ethyl adjacent to an activating group) is 2. The second-order valence-corrected chi connectivity index (χ2v) is 12.0. The van der Waals surface area contributed by atoms with Crippen molar-refractivity contribution < 1.29 is 9.53 Å². The van der Waals surface area contributed by atoms with Gasteiger partial charge in [-0.1, -0.05) is 13.8 Å². The smallest absolute Gasteiger partial charge is 0.241 e. The van der Waals surface area contributed by atoms with Gasteiger partial charge in [-0.15, -0.1) is 0 Å². The maximum absolute atomic E-state index is 11.6. The number of benzene rings is 1. The minimum Gasteiger partial charge on any atom is -0.489 e. The molecule has 0 saturated carbocycles. The fourth-order valence-electron chi connectivity index (χ4n) is 4.87. The molecule has 0 unspecified atom stereocenters. The molecule has 3 heterocycles. The van der Waals surface area contributed by atoms with Crippen LogP contribution in [0, 0.1) is 13.8 Å². The molecule has 11 nitrogen and oxygen atoms in total. The molecule has 0 spiro atoms. The van der Waals surface area contributed by atoms with Crippen LogP contribution in [0.4, 0.5) is 29.0 Å². The Morgan fingerprint density at radius 1 is 1.14 bits per heavy atom. The molecule has 1 aliphatic rings. The van der Waals surface area contributed by atoms with E-state index in [9.17, 15) is 4.79 Å². The van der Waals surface area contributed by atoms with Crippen molar-refractivity contribution in [3.63, 3.8) is 0 Å². The molecule has 3 N–H and O–H groups in total. The van der Waals surface area contributed by atoms with Gasteiger partial charge in [-0.05, 0) is 65.6 Å². The lowest BCUT2D eigenvalue weighted by Gasteiger charge is -2.26. The fraction of sp³-hybridized carbons (Fsp3) is 0.452. The van der Waals surface area contributed by atoms with Gasteiger partial charge >= 0.3 is 0 Å². The zero-order valence-electron chi connectivity index (χ0n) is 26.2. The summed E-state index contributed by atoms with van der Waals surface area (Å²) in [6.45, 7) is 14.7. The largest absolute Gasteiger partial charge is 0.489 e. The zero-order chi connectivity index (χ0) is 30.8. The Hall–Kier alpha value is -4.25. The van der Waals surface area contributed by atoms with Crippen LogP contribution >= 0.6 is 0 Å². The quantitative estimate of drug-likeness (QED) is 0.320. The number of amides is 1. The number of fused-ring (bicyclic) bond motifs is 1. The van der Waals surface area contributed by atoms with E-state index in [4.69, 9.17) is 20.4 Å². The molecular formula is C31H43N9O2. The van der Waals surface area contributed by atoms with Crippen LogP contribution in [0.1, 0.15) is 50.2 Å². The number of aromatic nitrogens is 4. The molecule has 2 aromatic heterocycles. The summed E-state index contributed by atoms with van der Waals surface area (Å²) >= 11 is 0. The highest BCUT2D eigenvalue weighted by molar-refractivity contribution is 5.92. The number of carbonyl (C=O) groups excluding carboxylic acids is 1. The van der Waals surface area contributed by atoms with Gasteiger partial charge in [-0.3, -0.25) is 9.78 Å². The van der Waals surface area contributed by atoms with Gasteiger partial charge in [0.1, 0.15) is 12.1 Å². The Labute approximate surface area is 248 Å². The van der Waals surface area contributed by atoms with Crippen LogP contribution in [0.25, 0.3) is 6.08 Å². The molecule has 0 bridgehead atoms. The molecule has 224 valence electrons. The van der Waals surface area contributed by atoms with Gasteiger partial charge in [0.05, 0.1) is 23.2 Å². The third-order valence-corrected chi connectivity index (χ3v) is 7.19. The average Bonchev–Trinajstić information content (AvgIpc) is 3.16. The van der Waals surface area contributed by atoms with E-state index in [-0.39, 0.29) is 11.5 Å². The number of aryl methyl sites for hydroxylation is 2. The summed E-state index contributed by atoms with van der Waals surface area (Å²) in [7, 11) is 6.08. The Bertz CT molecular complexity index is 1480. The van der Waals surface area contributed by atoms with Crippen LogP contribution in [-0.4, -0.2) is 77.6 Å². The number of hydrogen-bond acceptors (Lipinski definition) is 10. The van der Waals surface area contributed by atoms with Crippen LogP contribution in [0.3, 0.4) is 0 Å². The van der Waals surface area contributed by atoms with E-state index in [1.165, 1.54) is 12.4 Å². The number of carbonyl (C=O) groups is 1. The van der Waals surface area contributed by atoms with Crippen molar-refractivity contribution in [1.29, 1.82) is 0 Å². The summed E-state index contributed by atoms with van der Waals surface area (Å²) in [4.78, 5) is 36.6. The van der Waals surface area contributed by atoms with Crippen LogP contribution in [0.2, 0.25) is 0 Å². The summed E-state index contributed by atoms with van der Waals surface area (Å²) in [6, 6.07) is 6.05. The van der Waals surface area contributed by atoms with Gasteiger partial charge in [-0.2, -0.15) is 4.98 Å². The van der Waals surface area contributed by atoms with Gasteiger partial charge in [0.25, 0.3) is 0 Å². The first-order chi connectivity index (χ1) is 19.7. The van der Waals surface area contributed by atoms with E-state index < -0.39 is 5.91 Å². The number of anilines is 5. The Balaban J connectivity index is 1.74. The molecule has 11 heteroatoms. The van der Waals surface area contributed by atoms with Crippen molar-refractivity contribution in [2.24, 2.45) is 5.73 Å². The second kappa shape index (κ2) is 12.3. The number of nitrogens with one attached hydrogen (secondary N) is 1. The van der Waals surface area contributed by atoms with Crippen molar-refractivity contribution in [3.8, 4) is 5.75 Å². The first-order valence-electron chi connectivity index (χ1n) is 14.2.